The zero-order valence-corrected chi connectivity index (χ0v) is 13.0. The van der Waals surface area contributed by atoms with E-state index in [9.17, 15) is 12.8 Å². The predicted molar refractivity (Wildman–Crippen MR) is 81.3 cm³/mol. The lowest BCUT2D eigenvalue weighted by Crippen LogP contribution is -2.34. The van der Waals surface area contributed by atoms with Crippen LogP contribution in [0.4, 0.5) is 4.39 Å². The Morgan fingerprint density at radius 1 is 1.24 bits per heavy atom. The van der Waals surface area contributed by atoms with Gasteiger partial charge in [0.05, 0.1) is 4.90 Å². The molecule has 21 heavy (non-hydrogen) atoms. The Morgan fingerprint density at radius 2 is 2.05 bits per heavy atom. The molecule has 1 heterocycles. The Morgan fingerprint density at radius 3 is 2.67 bits per heavy atom. The van der Waals surface area contributed by atoms with E-state index in [2.05, 4.69) is 0 Å². The van der Waals surface area contributed by atoms with Crippen LogP contribution in [0.5, 0.6) is 0 Å². The third-order valence-corrected chi connectivity index (χ3v) is 6.40. The summed E-state index contributed by atoms with van der Waals surface area (Å²) in [5, 5.41) is 1.98. The lowest BCUT2D eigenvalue weighted by molar-refractivity contribution is 0.407. The topological polar surface area (TPSA) is 37.4 Å². The first-order chi connectivity index (χ1) is 10.1. The van der Waals surface area contributed by atoms with Crippen LogP contribution in [0.2, 0.25) is 0 Å². The predicted octanol–water partition coefficient (Wildman–Crippen LogP) is 3.28. The number of hydrogen-bond donors (Lipinski definition) is 0. The Balaban J connectivity index is 1.82. The molecule has 1 aliphatic carbocycles. The van der Waals surface area contributed by atoms with Gasteiger partial charge in [0, 0.05) is 17.5 Å². The molecule has 0 spiro atoms. The van der Waals surface area contributed by atoms with E-state index in [0.29, 0.717) is 13.0 Å². The molecule has 0 amide bonds. The lowest BCUT2D eigenvalue weighted by atomic mass is 10.3. The molecule has 0 radical (unpaired) electrons. The minimum Gasteiger partial charge on any atom is -0.207 e. The molecule has 2 aromatic rings. The summed E-state index contributed by atoms with van der Waals surface area (Å²) < 4.78 is 40.2. The molecule has 1 fully saturated rings. The smallest absolute Gasteiger partial charge is 0.207 e. The maximum atomic E-state index is 13.3. The van der Waals surface area contributed by atoms with Crippen molar-refractivity contribution in [3.05, 3.63) is 52.5 Å². The van der Waals surface area contributed by atoms with Crippen LogP contribution in [0.1, 0.15) is 17.7 Å². The van der Waals surface area contributed by atoms with Gasteiger partial charge in [0.1, 0.15) is 5.82 Å². The summed E-state index contributed by atoms with van der Waals surface area (Å²) in [6.45, 7) is 0.448. The average molecular weight is 325 g/mol. The van der Waals surface area contributed by atoms with Crippen molar-refractivity contribution >= 4 is 21.4 Å². The SMILES string of the molecule is O=S(=O)(c1cccc(F)c1)N(CCc1cccs1)C1CC1. The Labute approximate surface area is 128 Å². The number of rotatable bonds is 6. The number of thiophene rings is 1. The molecule has 3 rings (SSSR count). The van der Waals surface area contributed by atoms with Crippen molar-refractivity contribution in [1.29, 1.82) is 0 Å². The van der Waals surface area contributed by atoms with Crippen molar-refractivity contribution in [2.75, 3.05) is 6.54 Å². The first-order valence-electron chi connectivity index (χ1n) is 6.87. The Kier molecular flexibility index (Phi) is 4.10. The highest BCUT2D eigenvalue weighted by Crippen LogP contribution is 2.32. The number of hydrogen-bond acceptors (Lipinski definition) is 3. The normalized spacial score (nSPS) is 15.5. The van der Waals surface area contributed by atoms with Crippen molar-refractivity contribution in [3.8, 4) is 0 Å². The van der Waals surface area contributed by atoms with E-state index in [-0.39, 0.29) is 10.9 Å². The first kappa shape index (κ1) is 14.7. The van der Waals surface area contributed by atoms with Gasteiger partial charge in [0.2, 0.25) is 10.0 Å². The van der Waals surface area contributed by atoms with E-state index in [1.54, 1.807) is 11.3 Å². The lowest BCUT2D eigenvalue weighted by Gasteiger charge is -2.21. The minimum absolute atomic E-state index is 0.0422. The van der Waals surface area contributed by atoms with Gasteiger partial charge in [0.15, 0.2) is 0 Å². The third-order valence-electron chi connectivity index (χ3n) is 3.52. The van der Waals surface area contributed by atoms with Gasteiger partial charge in [-0.2, -0.15) is 4.31 Å². The third kappa shape index (κ3) is 3.33. The molecule has 0 saturated heterocycles. The van der Waals surface area contributed by atoms with Crippen LogP contribution in [0.15, 0.2) is 46.7 Å². The second-order valence-corrected chi connectivity index (χ2v) is 8.06. The molecule has 0 atom stereocenters. The van der Waals surface area contributed by atoms with Gasteiger partial charge in [-0.25, -0.2) is 12.8 Å². The van der Waals surface area contributed by atoms with Crippen molar-refractivity contribution < 1.29 is 12.8 Å². The molecule has 3 nitrogen and oxygen atoms in total. The monoisotopic (exact) mass is 325 g/mol. The molecular weight excluding hydrogens is 309 g/mol. The number of nitrogens with zero attached hydrogens (tertiary/aromatic N) is 1. The standard InChI is InChI=1S/C15H16FNO2S2/c16-12-3-1-5-15(11-12)21(18,19)17(13-6-7-13)9-8-14-4-2-10-20-14/h1-5,10-11,13H,6-9H2. The highest BCUT2D eigenvalue weighted by Gasteiger charge is 2.37. The maximum absolute atomic E-state index is 13.3. The largest absolute Gasteiger partial charge is 0.243 e. The number of sulfonamides is 1. The molecule has 0 N–H and O–H groups in total. The van der Waals surface area contributed by atoms with Crippen LogP contribution in [0, 0.1) is 5.82 Å². The van der Waals surface area contributed by atoms with Gasteiger partial charge >= 0.3 is 0 Å². The van der Waals surface area contributed by atoms with Crippen LogP contribution >= 0.6 is 11.3 Å². The van der Waals surface area contributed by atoms with Crippen molar-refractivity contribution in [2.24, 2.45) is 0 Å². The van der Waals surface area contributed by atoms with Gasteiger partial charge in [-0.1, -0.05) is 12.1 Å². The molecule has 1 aromatic heterocycles. The molecule has 6 heteroatoms. The summed E-state index contributed by atoms with van der Waals surface area (Å²) in [5.74, 6) is -0.523. The second kappa shape index (κ2) is 5.87. The van der Waals surface area contributed by atoms with E-state index in [1.165, 1.54) is 22.5 Å². The van der Waals surface area contributed by atoms with Crippen LogP contribution in [0.25, 0.3) is 0 Å². The van der Waals surface area contributed by atoms with Gasteiger partial charge < -0.3 is 0 Å². The van der Waals surface area contributed by atoms with E-state index < -0.39 is 15.8 Å². The minimum atomic E-state index is -3.62. The fourth-order valence-corrected chi connectivity index (χ4v) is 4.72. The molecular formula is C15H16FNO2S2. The summed E-state index contributed by atoms with van der Waals surface area (Å²) in [7, 11) is -3.62. The van der Waals surface area contributed by atoms with Crippen LogP contribution < -0.4 is 0 Å². The molecule has 112 valence electrons. The Bertz CT molecular complexity index is 709. The summed E-state index contributed by atoms with van der Waals surface area (Å²) in [6.07, 6.45) is 2.47. The van der Waals surface area contributed by atoms with Gasteiger partial charge in [-0.3, -0.25) is 0 Å². The van der Waals surface area contributed by atoms with Crippen molar-refractivity contribution in [2.45, 2.75) is 30.2 Å². The first-order valence-corrected chi connectivity index (χ1v) is 9.19. The van der Waals surface area contributed by atoms with E-state index in [4.69, 9.17) is 0 Å². The van der Waals surface area contributed by atoms with Crippen LogP contribution in [-0.4, -0.2) is 25.3 Å². The maximum Gasteiger partial charge on any atom is 0.243 e. The quantitative estimate of drug-likeness (QED) is 0.817. The van der Waals surface area contributed by atoms with Gasteiger partial charge in [-0.15, -0.1) is 11.3 Å². The van der Waals surface area contributed by atoms with E-state index in [1.807, 2.05) is 17.5 Å². The van der Waals surface area contributed by atoms with Crippen molar-refractivity contribution in [3.63, 3.8) is 0 Å². The summed E-state index contributed by atoms with van der Waals surface area (Å²) in [6, 6.07) is 9.28. The van der Waals surface area contributed by atoms with Gasteiger partial charge in [-0.05, 0) is 48.9 Å². The molecule has 1 aliphatic rings. The van der Waals surface area contributed by atoms with Crippen LogP contribution in [-0.2, 0) is 16.4 Å². The highest BCUT2D eigenvalue weighted by molar-refractivity contribution is 7.89. The highest BCUT2D eigenvalue weighted by atomic mass is 32.2. The molecule has 0 aliphatic heterocycles. The fraction of sp³-hybridized carbons (Fsp3) is 0.333. The van der Waals surface area contributed by atoms with Crippen LogP contribution in [0.3, 0.4) is 0 Å². The zero-order chi connectivity index (χ0) is 14.9. The van der Waals surface area contributed by atoms with Crippen molar-refractivity contribution in [1.82, 2.24) is 4.31 Å². The van der Waals surface area contributed by atoms with Gasteiger partial charge in [0.25, 0.3) is 0 Å². The molecule has 1 saturated carbocycles. The molecule has 0 unspecified atom stereocenters. The zero-order valence-electron chi connectivity index (χ0n) is 11.4. The molecule has 1 aromatic carbocycles. The second-order valence-electron chi connectivity index (χ2n) is 5.13. The summed E-state index contributed by atoms with van der Waals surface area (Å²) in [5.41, 5.74) is 0. The number of benzene rings is 1. The van der Waals surface area contributed by atoms with E-state index in [0.717, 1.165) is 23.8 Å². The average Bonchev–Trinajstić information content (AvgIpc) is 3.14. The summed E-state index contributed by atoms with van der Waals surface area (Å²) >= 11 is 1.62. The number of halogens is 1. The fourth-order valence-electron chi connectivity index (χ4n) is 2.30. The Hall–Kier alpha value is -1.24. The summed E-state index contributed by atoms with van der Waals surface area (Å²) in [4.78, 5) is 1.20. The van der Waals surface area contributed by atoms with E-state index >= 15 is 0 Å². The molecule has 0 bridgehead atoms.